The lowest BCUT2D eigenvalue weighted by molar-refractivity contribution is 0.0939. The maximum absolute atomic E-state index is 12.5. The number of nitrogens with zero attached hydrogens (tertiary/aromatic N) is 1. The summed E-state index contributed by atoms with van der Waals surface area (Å²) < 4.78 is 10.8. The van der Waals surface area contributed by atoms with Crippen LogP contribution < -0.4 is 14.8 Å². The standard InChI is InChI=1S/C20H24N2O3/c1-22(2)17(14-8-9-18-15(12-14)10-11-25-18)13-21-20(23)16-6-4-5-7-19(16)24-3/h4-9,12,17H,10-11,13H2,1-3H3,(H,21,23). The molecule has 0 bridgehead atoms. The molecular formula is C20H24N2O3. The number of hydrogen-bond acceptors (Lipinski definition) is 4. The largest absolute Gasteiger partial charge is 0.496 e. The van der Waals surface area contributed by atoms with Gasteiger partial charge in [0, 0.05) is 13.0 Å². The minimum atomic E-state index is -0.131. The summed E-state index contributed by atoms with van der Waals surface area (Å²) in [5, 5.41) is 3.03. The molecule has 0 radical (unpaired) electrons. The summed E-state index contributed by atoms with van der Waals surface area (Å²) in [6, 6.07) is 13.6. The molecule has 0 aromatic heterocycles. The Labute approximate surface area is 148 Å². The number of likely N-dealkylation sites (N-methyl/N-ethyl adjacent to an activating group) is 1. The van der Waals surface area contributed by atoms with Gasteiger partial charge in [-0.3, -0.25) is 4.79 Å². The van der Waals surface area contributed by atoms with Gasteiger partial charge in [-0.25, -0.2) is 0 Å². The van der Waals surface area contributed by atoms with Crippen LogP contribution in [0.5, 0.6) is 11.5 Å². The van der Waals surface area contributed by atoms with Gasteiger partial charge in [-0.15, -0.1) is 0 Å². The molecule has 0 spiro atoms. The van der Waals surface area contributed by atoms with E-state index in [1.54, 1.807) is 19.2 Å². The third kappa shape index (κ3) is 3.77. The molecule has 1 amide bonds. The van der Waals surface area contributed by atoms with Gasteiger partial charge in [0.05, 0.1) is 25.3 Å². The average molecular weight is 340 g/mol. The van der Waals surface area contributed by atoms with Crippen molar-refractivity contribution in [2.45, 2.75) is 12.5 Å². The maximum atomic E-state index is 12.5. The van der Waals surface area contributed by atoms with Gasteiger partial charge in [0.1, 0.15) is 11.5 Å². The predicted octanol–water partition coefficient (Wildman–Crippen LogP) is 2.66. The fraction of sp³-hybridized carbons (Fsp3) is 0.350. The summed E-state index contributed by atoms with van der Waals surface area (Å²) in [4.78, 5) is 14.7. The highest BCUT2D eigenvalue weighted by molar-refractivity contribution is 5.96. The first-order chi connectivity index (χ1) is 12.1. The molecule has 1 heterocycles. The van der Waals surface area contributed by atoms with E-state index in [-0.39, 0.29) is 11.9 Å². The van der Waals surface area contributed by atoms with E-state index in [1.807, 2.05) is 32.3 Å². The van der Waals surface area contributed by atoms with Crippen LogP contribution >= 0.6 is 0 Å². The molecule has 2 aromatic rings. The van der Waals surface area contributed by atoms with Crippen molar-refractivity contribution < 1.29 is 14.3 Å². The van der Waals surface area contributed by atoms with E-state index >= 15 is 0 Å². The number of nitrogens with one attached hydrogen (secondary N) is 1. The van der Waals surface area contributed by atoms with Crippen LogP contribution in [-0.4, -0.2) is 45.2 Å². The lowest BCUT2D eigenvalue weighted by Gasteiger charge is -2.25. The van der Waals surface area contributed by atoms with Crippen LogP contribution in [0.25, 0.3) is 0 Å². The van der Waals surface area contributed by atoms with Crippen molar-refractivity contribution >= 4 is 5.91 Å². The van der Waals surface area contributed by atoms with E-state index in [2.05, 4.69) is 22.3 Å². The molecule has 0 saturated carbocycles. The van der Waals surface area contributed by atoms with Crippen molar-refractivity contribution in [1.82, 2.24) is 10.2 Å². The van der Waals surface area contributed by atoms with Gasteiger partial charge in [0.2, 0.25) is 0 Å². The van der Waals surface area contributed by atoms with Crippen LogP contribution in [0.1, 0.15) is 27.5 Å². The number of amides is 1. The monoisotopic (exact) mass is 340 g/mol. The molecule has 5 heteroatoms. The predicted molar refractivity (Wildman–Crippen MR) is 97.4 cm³/mol. The van der Waals surface area contributed by atoms with Crippen LogP contribution in [0, 0.1) is 0 Å². The molecule has 0 saturated heterocycles. The Morgan fingerprint density at radius 3 is 2.84 bits per heavy atom. The third-order valence-electron chi connectivity index (χ3n) is 4.53. The number of hydrogen-bond donors (Lipinski definition) is 1. The lowest BCUT2D eigenvalue weighted by atomic mass is 10.0. The topological polar surface area (TPSA) is 50.8 Å². The molecule has 0 aliphatic carbocycles. The highest BCUT2D eigenvalue weighted by atomic mass is 16.5. The Morgan fingerprint density at radius 1 is 1.28 bits per heavy atom. The van der Waals surface area contributed by atoms with E-state index in [0.29, 0.717) is 17.9 Å². The number of carbonyl (C=O) groups excluding carboxylic acids is 1. The van der Waals surface area contributed by atoms with E-state index in [0.717, 1.165) is 18.8 Å². The number of benzene rings is 2. The number of para-hydroxylation sites is 1. The van der Waals surface area contributed by atoms with Crippen molar-refractivity contribution in [2.24, 2.45) is 0 Å². The summed E-state index contributed by atoms with van der Waals surface area (Å²) >= 11 is 0. The smallest absolute Gasteiger partial charge is 0.255 e. The van der Waals surface area contributed by atoms with E-state index in [9.17, 15) is 4.79 Å². The zero-order chi connectivity index (χ0) is 17.8. The summed E-state index contributed by atoms with van der Waals surface area (Å²) in [5.41, 5.74) is 2.96. The molecule has 5 nitrogen and oxygen atoms in total. The minimum absolute atomic E-state index is 0.0876. The zero-order valence-electron chi connectivity index (χ0n) is 14.9. The fourth-order valence-corrected chi connectivity index (χ4v) is 3.13. The fourth-order valence-electron chi connectivity index (χ4n) is 3.13. The van der Waals surface area contributed by atoms with E-state index in [1.165, 1.54) is 11.1 Å². The molecule has 1 N–H and O–H groups in total. The Hall–Kier alpha value is -2.53. The Morgan fingerprint density at radius 2 is 2.08 bits per heavy atom. The van der Waals surface area contributed by atoms with Gasteiger partial charge in [0.25, 0.3) is 5.91 Å². The molecule has 1 aliphatic heterocycles. The molecule has 3 rings (SSSR count). The summed E-state index contributed by atoms with van der Waals surface area (Å²) in [7, 11) is 5.61. The quantitative estimate of drug-likeness (QED) is 0.878. The van der Waals surface area contributed by atoms with Crippen LogP contribution in [-0.2, 0) is 6.42 Å². The molecule has 1 atom stereocenters. The van der Waals surface area contributed by atoms with Crippen LogP contribution in [0.4, 0.5) is 0 Å². The Balaban J connectivity index is 1.73. The number of methoxy groups -OCH3 is 1. The summed E-state index contributed by atoms with van der Waals surface area (Å²) in [5.74, 6) is 1.42. The van der Waals surface area contributed by atoms with Crippen LogP contribution in [0.2, 0.25) is 0 Å². The first kappa shape index (κ1) is 17.3. The molecule has 132 valence electrons. The minimum Gasteiger partial charge on any atom is -0.496 e. The molecule has 25 heavy (non-hydrogen) atoms. The second-order valence-corrected chi connectivity index (χ2v) is 6.36. The van der Waals surface area contributed by atoms with Gasteiger partial charge in [0.15, 0.2) is 0 Å². The second kappa shape index (κ2) is 7.57. The highest BCUT2D eigenvalue weighted by Crippen LogP contribution is 2.29. The molecular weight excluding hydrogens is 316 g/mol. The Bertz CT molecular complexity index is 758. The van der Waals surface area contributed by atoms with Gasteiger partial charge < -0.3 is 19.7 Å². The zero-order valence-corrected chi connectivity index (χ0v) is 14.9. The van der Waals surface area contributed by atoms with E-state index < -0.39 is 0 Å². The van der Waals surface area contributed by atoms with Crippen molar-refractivity contribution in [3.63, 3.8) is 0 Å². The van der Waals surface area contributed by atoms with Gasteiger partial charge in [-0.1, -0.05) is 24.3 Å². The van der Waals surface area contributed by atoms with E-state index in [4.69, 9.17) is 9.47 Å². The van der Waals surface area contributed by atoms with Gasteiger partial charge in [-0.2, -0.15) is 0 Å². The third-order valence-corrected chi connectivity index (χ3v) is 4.53. The summed E-state index contributed by atoms with van der Waals surface area (Å²) in [6.07, 6.45) is 0.941. The molecule has 0 fully saturated rings. The first-order valence-electron chi connectivity index (χ1n) is 8.43. The summed E-state index contributed by atoms with van der Waals surface area (Å²) in [6.45, 7) is 1.26. The van der Waals surface area contributed by atoms with Crippen molar-refractivity contribution in [2.75, 3.05) is 34.4 Å². The lowest BCUT2D eigenvalue weighted by Crippen LogP contribution is -2.34. The van der Waals surface area contributed by atoms with Crippen molar-refractivity contribution in [3.05, 3.63) is 59.2 Å². The molecule has 1 unspecified atom stereocenters. The SMILES string of the molecule is COc1ccccc1C(=O)NCC(c1ccc2c(c1)CCO2)N(C)C. The number of fused-ring (bicyclic) bond motifs is 1. The molecule has 1 aliphatic rings. The van der Waals surface area contributed by atoms with Crippen LogP contribution in [0.3, 0.4) is 0 Å². The van der Waals surface area contributed by atoms with Crippen molar-refractivity contribution in [1.29, 1.82) is 0 Å². The number of rotatable bonds is 6. The highest BCUT2D eigenvalue weighted by Gasteiger charge is 2.20. The number of ether oxygens (including phenoxy) is 2. The second-order valence-electron chi connectivity index (χ2n) is 6.36. The average Bonchev–Trinajstić information content (AvgIpc) is 3.09. The maximum Gasteiger partial charge on any atom is 0.255 e. The van der Waals surface area contributed by atoms with Crippen molar-refractivity contribution in [3.8, 4) is 11.5 Å². The van der Waals surface area contributed by atoms with Gasteiger partial charge in [-0.05, 0) is 43.4 Å². The first-order valence-corrected chi connectivity index (χ1v) is 8.43. The molecule has 2 aromatic carbocycles. The Kier molecular flexibility index (Phi) is 5.24. The van der Waals surface area contributed by atoms with Crippen LogP contribution in [0.15, 0.2) is 42.5 Å². The normalized spacial score (nSPS) is 13.9. The number of carbonyl (C=O) groups is 1. The van der Waals surface area contributed by atoms with Gasteiger partial charge >= 0.3 is 0 Å².